The summed E-state index contributed by atoms with van der Waals surface area (Å²) in [5.41, 5.74) is 5.40. The number of benzene rings is 2. The van der Waals surface area contributed by atoms with Gasteiger partial charge in [0.25, 0.3) is 15.9 Å². The van der Waals surface area contributed by atoms with Crippen LogP contribution < -0.4 is 10.1 Å². The molecule has 0 radical (unpaired) electrons. The molecule has 0 saturated heterocycles. The monoisotopic (exact) mass is 441 g/mol. The normalized spacial score (nSPS) is 12.1. The van der Waals surface area contributed by atoms with Crippen molar-refractivity contribution in [3.8, 4) is 0 Å². The molecule has 0 aliphatic heterocycles. The zero-order valence-corrected chi connectivity index (χ0v) is 18.5. The number of carbonyl (C=O) groups excluding carboxylic acids is 1. The van der Waals surface area contributed by atoms with Crippen molar-refractivity contribution < 1.29 is 13.2 Å². The molecule has 30 heavy (non-hydrogen) atoms. The molecule has 0 spiro atoms. The molecule has 6 nitrogen and oxygen atoms in total. The number of sulfonamides is 1. The number of amides is 1. The van der Waals surface area contributed by atoms with E-state index in [2.05, 4.69) is 36.0 Å². The molecule has 0 aliphatic rings. The lowest BCUT2D eigenvalue weighted by atomic mass is 9.87. The van der Waals surface area contributed by atoms with Gasteiger partial charge < -0.3 is 0 Å². The first-order valence-electron chi connectivity index (χ1n) is 9.25. The van der Waals surface area contributed by atoms with E-state index in [1.54, 1.807) is 17.7 Å². The molecule has 0 bridgehead atoms. The Morgan fingerprint density at radius 2 is 1.67 bits per heavy atom. The summed E-state index contributed by atoms with van der Waals surface area (Å²) in [7, 11) is -3.62. The van der Waals surface area contributed by atoms with Crippen LogP contribution in [0.15, 0.2) is 75.4 Å². The van der Waals surface area contributed by atoms with Crippen LogP contribution in [-0.2, 0) is 15.4 Å². The predicted octanol–water partition coefficient (Wildman–Crippen LogP) is 4.61. The van der Waals surface area contributed by atoms with Crippen molar-refractivity contribution >= 4 is 39.2 Å². The Morgan fingerprint density at radius 1 is 1.00 bits per heavy atom. The van der Waals surface area contributed by atoms with Crippen LogP contribution >= 0.6 is 11.3 Å². The third-order valence-electron chi connectivity index (χ3n) is 4.32. The second-order valence-corrected chi connectivity index (χ2v) is 10.5. The maximum Gasteiger partial charge on any atom is 0.271 e. The molecule has 0 atom stereocenters. The molecule has 1 heterocycles. The van der Waals surface area contributed by atoms with E-state index in [-0.39, 0.29) is 15.5 Å². The molecule has 8 heteroatoms. The third-order valence-corrected chi connectivity index (χ3v) is 7.09. The minimum atomic E-state index is -3.62. The van der Waals surface area contributed by atoms with Gasteiger partial charge in [-0.2, -0.15) is 5.10 Å². The van der Waals surface area contributed by atoms with Crippen LogP contribution in [0.3, 0.4) is 0 Å². The Kier molecular flexibility index (Phi) is 6.38. The van der Waals surface area contributed by atoms with Gasteiger partial charge in [-0.3, -0.25) is 9.52 Å². The van der Waals surface area contributed by atoms with Crippen LogP contribution in [0.25, 0.3) is 0 Å². The summed E-state index contributed by atoms with van der Waals surface area (Å²) in [5, 5.41) is 5.69. The minimum Gasteiger partial charge on any atom is -0.279 e. The van der Waals surface area contributed by atoms with E-state index in [0.29, 0.717) is 11.3 Å². The Bertz CT molecular complexity index is 1130. The largest absolute Gasteiger partial charge is 0.279 e. The molecule has 3 rings (SSSR count). The topological polar surface area (TPSA) is 87.6 Å². The molecule has 1 amide bonds. The summed E-state index contributed by atoms with van der Waals surface area (Å²) in [6.45, 7) is 6.44. The van der Waals surface area contributed by atoms with Gasteiger partial charge in [-0.05, 0) is 52.3 Å². The minimum absolute atomic E-state index is 0.0774. The summed E-state index contributed by atoms with van der Waals surface area (Å²) in [5.74, 6) is -0.384. The Balaban J connectivity index is 1.59. The smallest absolute Gasteiger partial charge is 0.271 e. The first kappa shape index (κ1) is 21.7. The van der Waals surface area contributed by atoms with Crippen molar-refractivity contribution in [1.29, 1.82) is 0 Å². The quantitative estimate of drug-likeness (QED) is 0.432. The second kappa shape index (κ2) is 8.81. The van der Waals surface area contributed by atoms with Crippen molar-refractivity contribution in [2.75, 3.05) is 4.72 Å². The number of hydrogen-bond acceptors (Lipinski definition) is 5. The second-order valence-electron chi connectivity index (χ2n) is 7.69. The Morgan fingerprint density at radius 3 is 2.23 bits per heavy atom. The van der Waals surface area contributed by atoms with Gasteiger partial charge >= 0.3 is 0 Å². The molecular weight excluding hydrogens is 418 g/mol. The third kappa shape index (κ3) is 5.55. The van der Waals surface area contributed by atoms with Gasteiger partial charge in [0.1, 0.15) is 4.21 Å². The molecule has 0 unspecified atom stereocenters. The molecule has 0 saturated carbocycles. The van der Waals surface area contributed by atoms with Crippen LogP contribution in [0.5, 0.6) is 0 Å². The molecule has 2 N–H and O–H groups in total. The highest BCUT2D eigenvalue weighted by atomic mass is 32.2. The lowest BCUT2D eigenvalue weighted by molar-refractivity contribution is 0.0955. The van der Waals surface area contributed by atoms with E-state index in [9.17, 15) is 13.2 Å². The molecule has 0 fully saturated rings. The maximum absolute atomic E-state index is 12.2. The fraction of sp³-hybridized carbons (Fsp3) is 0.182. The lowest BCUT2D eigenvalue weighted by Gasteiger charge is -2.18. The van der Waals surface area contributed by atoms with Crippen LogP contribution in [0.2, 0.25) is 0 Å². The van der Waals surface area contributed by atoms with Gasteiger partial charge in [0.15, 0.2) is 0 Å². The standard InChI is InChI=1S/C22H23N3O3S2/c1-22(2,3)18-10-6-16(7-11-18)15-23-24-21(26)17-8-12-19(13-9-17)25-30(27,28)20-5-4-14-29-20/h4-15,25H,1-3H3,(H,24,26)/b23-15-. The molecule has 0 aliphatic carbocycles. The van der Waals surface area contributed by atoms with Gasteiger partial charge in [-0.15, -0.1) is 11.3 Å². The van der Waals surface area contributed by atoms with E-state index in [1.807, 2.05) is 24.3 Å². The number of hydrazone groups is 1. The predicted molar refractivity (Wildman–Crippen MR) is 122 cm³/mol. The van der Waals surface area contributed by atoms with Gasteiger partial charge in [0, 0.05) is 11.3 Å². The number of anilines is 1. The van der Waals surface area contributed by atoms with Crippen molar-refractivity contribution in [1.82, 2.24) is 5.43 Å². The molecule has 1 aromatic heterocycles. The summed E-state index contributed by atoms with van der Waals surface area (Å²) in [6, 6.07) is 17.3. The molecular formula is C22H23N3O3S2. The van der Waals surface area contributed by atoms with E-state index in [4.69, 9.17) is 0 Å². The molecule has 2 aromatic carbocycles. The number of rotatable bonds is 6. The average molecular weight is 442 g/mol. The van der Waals surface area contributed by atoms with E-state index >= 15 is 0 Å². The summed E-state index contributed by atoms with van der Waals surface area (Å²) >= 11 is 1.14. The maximum atomic E-state index is 12.2. The first-order valence-corrected chi connectivity index (χ1v) is 11.6. The number of hydrogen-bond donors (Lipinski definition) is 2. The first-order chi connectivity index (χ1) is 14.1. The van der Waals surface area contributed by atoms with Gasteiger partial charge in [0.05, 0.1) is 6.21 Å². The summed E-state index contributed by atoms with van der Waals surface area (Å²) < 4.78 is 27.2. The highest BCUT2D eigenvalue weighted by Crippen LogP contribution is 2.22. The molecule has 3 aromatic rings. The van der Waals surface area contributed by atoms with E-state index in [1.165, 1.54) is 35.9 Å². The van der Waals surface area contributed by atoms with Crippen LogP contribution in [0.4, 0.5) is 5.69 Å². The van der Waals surface area contributed by atoms with Crippen LogP contribution in [-0.4, -0.2) is 20.5 Å². The van der Waals surface area contributed by atoms with Crippen molar-refractivity contribution in [3.05, 3.63) is 82.7 Å². The van der Waals surface area contributed by atoms with Crippen LogP contribution in [0, 0.1) is 0 Å². The fourth-order valence-corrected chi connectivity index (χ4v) is 4.66. The highest BCUT2D eigenvalue weighted by molar-refractivity contribution is 7.94. The Hall–Kier alpha value is -2.97. The molecule has 156 valence electrons. The fourth-order valence-electron chi connectivity index (χ4n) is 2.61. The average Bonchev–Trinajstić information content (AvgIpc) is 3.24. The number of carbonyl (C=O) groups is 1. The van der Waals surface area contributed by atoms with E-state index < -0.39 is 10.0 Å². The lowest BCUT2D eigenvalue weighted by Crippen LogP contribution is -2.18. The van der Waals surface area contributed by atoms with Gasteiger partial charge in [-0.1, -0.05) is 51.1 Å². The van der Waals surface area contributed by atoms with Crippen molar-refractivity contribution in [3.63, 3.8) is 0 Å². The van der Waals surface area contributed by atoms with Crippen molar-refractivity contribution in [2.45, 2.75) is 30.4 Å². The Labute approximate surface area is 180 Å². The SMILES string of the molecule is CC(C)(C)c1ccc(/C=N\NC(=O)c2ccc(NS(=O)(=O)c3cccs3)cc2)cc1. The number of nitrogens with one attached hydrogen (secondary N) is 2. The zero-order valence-electron chi connectivity index (χ0n) is 16.9. The van der Waals surface area contributed by atoms with E-state index in [0.717, 1.165) is 16.9 Å². The highest BCUT2D eigenvalue weighted by Gasteiger charge is 2.15. The van der Waals surface area contributed by atoms with Crippen molar-refractivity contribution in [2.24, 2.45) is 5.10 Å². The summed E-state index contributed by atoms with van der Waals surface area (Å²) in [6.07, 6.45) is 1.58. The van der Waals surface area contributed by atoms with Crippen LogP contribution in [0.1, 0.15) is 42.3 Å². The number of nitrogens with zero attached hydrogens (tertiary/aromatic N) is 1. The summed E-state index contributed by atoms with van der Waals surface area (Å²) in [4.78, 5) is 12.2. The van der Waals surface area contributed by atoms with Gasteiger partial charge in [-0.25, -0.2) is 13.8 Å². The number of thiophene rings is 1. The zero-order chi connectivity index (χ0) is 21.8. The van der Waals surface area contributed by atoms with Gasteiger partial charge in [0.2, 0.25) is 0 Å².